The average Bonchev–Trinajstić information content (AvgIpc) is 2.66. The molecule has 0 radical (unpaired) electrons. The number of hydrogen-bond acceptors (Lipinski definition) is 2. The van der Waals surface area contributed by atoms with Gasteiger partial charge in [-0.1, -0.05) is 25.7 Å². The minimum absolute atomic E-state index is 0.547. The number of anilines is 1. The molecule has 0 N–H and O–H groups in total. The van der Waals surface area contributed by atoms with Crippen LogP contribution >= 0.6 is 11.6 Å². The Morgan fingerprint density at radius 1 is 1.21 bits per heavy atom. The molecule has 106 valence electrons. The second kappa shape index (κ2) is 6.60. The van der Waals surface area contributed by atoms with Crippen molar-refractivity contribution in [2.24, 2.45) is 0 Å². The molecule has 19 heavy (non-hydrogen) atoms. The topological polar surface area (TPSA) is 16.1 Å². The molecule has 0 bridgehead atoms. The Bertz CT molecular complexity index is 423. The first-order valence-electron chi connectivity index (χ1n) is 7.39. The van der Waals surface area contributed by atoms with Crippen LogP contribution in [0.1, 0.15) is 55.3 Å². The molecule has 0 spiro atoms. The molecule has 0 unspecified atom stereocenters. The van der Waals surface area contributed by atoms with Gasteiger partial charge in [0, 0.05) is 24.3 Å². The van der Waals surface area contributed by atoms with Crippen LogP contribution in [-0.2, 0) is 5.88 Å². The Kier molecular flexibility index (Phi) is 5.09. The molecule has 0 amide bonds. The van der Waals surface area contributed by atoms with Gasteiger partial charge in [-0.3, -0.25) is 0 Å². The fraction of sp³-hybridized carbons (Fsp3) is 0.688. The minimum atomic E-state index is 0.547. The average molecular weight is 281 g/mol. The number of halogens is 1. The minimum Gasteiger partial charge on any atom is -0.356 e. The summed E-state index contributed by atoms with van der Waals surface area (Å²) in [4.78, 5) is 7.13. The first-order chi connectivity index (χ1) is 9.13. The lowest BCUT2D eigenvalue weighted by atomic mass is 10.1. The van der Waals surface area contributed by atoms with Gasteiger partial charge < -0.3 is 4.90 Å². The molecule has 1 aliphatic carbocycles. The van der Waals surface area contributed by atoms with Gasteiger partial charge in [0.1, 0.15) is 5.82 Å². The van der Waals surface area contributed by atoms with Crippen molar-refractivity contribution >= 4 is 17.4 Å². The fourth-order valence-corrected chi connectivity index (χ4v) is 3.45. The van der Waals surface area contributed by atoms with Crippen molar-refractivity contribution in [2.75, 3.05) is 11.9 Å². The molecule has 1 heterocycles. The summed E-state index contributed by atoms with van der Waals surface area (Å²) in [5.41, 5.74) is 3.54. The maximum absolute atomic E-state index is 6.14. The zero-order chi connectivity index (χ0) is 13.8. The second-order valence-corrected chi connectivity index (χ2v) is 6.04. The summed E-state index contributed by atoms with van der Waals surface area (Å²) in [5.74, 6) is 1.64. The third kappa shape index (κ3) is 3.42. The summed E-state index contributed by atoms with van der Waals surface area (Å²) in [5, 5.41) is 0. The quantitative estimate of drug-likeness (QED) is 0.594. The van der Waals surface area contributed by atoms with Gasteiger partial charge >= 0.3 is 0 Å². The molecule has 1 aromatic heterocycles. The van der Waals surface area contributed by atoms with Crippen LogP contribution in [-0.4, -0.2) is 18.1 Å². The van der Waals surface area contributed by atoms with Gasteiger partial charge in [0.2, 0.25) is 0 Å². The van der Waals surface area contributed by atoms with Gasteiger partial charge in [0.15, 0.2) is 0 Å². The van der Waals surface area contributed by atoms with Crippen molar-refractivity contribution in [3.05, 3.63) is 22.9 Å². The molecule has 3 heteroatoms. The van der Waals surface area contributed by atoms with Crippen molar-refractivity contribution in [1.82, 2.24) is 4.98 Å². The Labute approximate surface area is 122 Å². The molecule has 1 aliphatic rings. The predicted molar refractivity (Wildman–Crippen MR) is 83.2 cm³/mol. The van der Waals surface area contributed by atoms with Crippen molar-refractivity contribution in [3.8, 4) is 0 Å². The SMILES string of the molecule is Cc1cc(C)c(CCl)c(N(C)C2CCCCCC2)n1. The Hall–Kier alpha value is -0.760. The highest BCUT2D eigenvalue weighted by Gasteiger charge is 2.21. The van der Waals surface area contributed by atoms with E-state index in [1.807, 2.05) is 0 Å². The summed E-state index contributed by atoms with van der Waals surface area (Å²) in [7, 11) is 2.19. The predicted octanol–water partition coefficient (Wildman–Crippen LogP) is 4.60. The summed E-state index contributed by atoms with van der Waals surface area (Å²) in [6, 6.07) is 2.75. The van der Waals surface area contributed by atoms with E-state index in [0.29, 0.717) is 11.9 Å². The Morgan fingerprint density at radius 2 is 1.84 bits per heavy atom. The molecule has 0 aromatic carbocycles. The van der Waals surface area contributed by atoms with E-state index in [9.17, 15) is 0 Å². The summed E-state index contributed by atoms with van der Waals surface area (Å²) < 4.78 is 0. The molecule has 0 atom stereocenters. The summed E-state index contributed by atoms with van der Waals surface area (Å²) >= 11 is 6.14. The van der Waals surface area contributed by atoms with Gasteiger partial charge in [-0.25, -0.2) is 4.98 Å². The maximum Gasteiger partial charge on any atom is 0.133 e. The molecule has 2 rings (SSSR count). The van der Waals surface area contributed by atoms with Crippen molar-refractivity contribution < 1.29 is 0 Å². The van der Waals surface area contributed by atoms with Crippen LogP contribution in [0.5, 0.6) is 0 Å². The lowest BCUT2D eigenvalue weighted by Crippen LogP contribution is -2.32. The Morgan fingerprint density at radius 3 is 2.42 bits per heavy atom. The number of alkyl halides is 1. The zero-order valence-corrected chi connectivity index (χ0v) is 13.1. The van der Waals surface area contributed by atoms with Crippen LogP contribution < -0.4 is 4.90 Å². The highest BCUT2D eigenvalue weighted by atomic mass is 35.5. The number of pyridine rings is 1. The van der Waals surface area contributed by atoms with Crippen LogP contribution in [0.15, 0.2) is 6.07 Å². The number of nitrogens with zero attached hydrogens (tertiary/aromatic N) is 2. The second-order valence-electron chi connectivity index (χ2n) is 5.77. The first-order valence-corrected chi connectivity index (χ1v) is 7.93. The van der Waals surface area contributed by atoms with E-state index in [1.165, 1.54) is 49.7 Å². The van der Waals surface area contributed by atoms with Crippen LogP contribution in [0, 0.1) is 13.8 Å². The maximum atomic E-state index is 6.14. The van der Waals surface area contributed by atoms with E-state index in [1.54, 1.807) is 0 Å². The molecule has 0 aliphatic heterocycles. The van der Waals surface area contributed by atoms with Crippen molar-refractivity contribution in [1.29, 1.82) is 0 Å². The lowest BCUT2D eigenvalue weighted by Gasteiger charge is -2.30. The molecular formula is C16H25ClN2. The van der Waals surface area contributed by atoms with Crippen LogP contribution in [0.4, 0.5) is 5.82 Å². The van der Waals surface area contributed by atoms with E-state index < -0.39 is 0 Å². The largest absolute Gasteiger partial charge is 0.356 e. The highest BCUT2D eigenvalue weighted by Crippen LogP contribution is 2.29. The monoisotopic (exact) mass is 280 g/mol. The van der Waals surface area contributed by atoms with Gasteiger partial charge in [-0.2, -0.15) is 0 Å². The third-order valence-electron chi connectivity index (χ3n) is 4.29. The molecule has 1 aromatic rings. The Balaban J connectivity index is 2.28. The molecule has 2 nitrogen and oxygen atoms in total. The van der Waals surface area contributed by atoms with Gasteiger partial charge in [0.05, 0.1) is 5.88 Å². The lowest BCUT2D eigenvalue weighted by molar-refractivity contribution is 0.548. The number of hydrogen-bond donors (Lipinski definition) is 0. The molecule has 1 saturated carbocycles. The fourth-order valence-electron chi connectivity index (χ4n) is 3.12. The van der Waals surface area contributed by atoms with Gasteiger partial charge in [0.25, 0.3) is 0 Å². The molecule has 0 saturated heterocycles. The smallest absolute Gasteiger partial charge is 0.133 e. The van der Waals surface area contributed by atoms with Crippen molar-refractivity contribution in [2.45, 2.75) is 64.3 Å². The zero-order valence-electron chi connectivity index (χ0n) is 12.4. The van der Waals surface area contributed by atoms with E-state index in [0.717, 1.165) is 11.5 Å². The highest BCUT2D eigenvalue weighted by molar-refractivity contribution is 6.17. The normalized spacial score (nSPS) is 17.3. The van der Waals surface area contributed by atoms with E-state index in [-0.39, 0.29) is 0 Å². The van der Waals surface area contributed by atoms with E-state index in [4.69, 9.17) is 16.6 Å². The molecular weight excluding hydrogens is 256 g/mol. The van der Waals surface area contributed by atoms with Gasteiger partial charge in [-0.05, 0) is 38.3 Å². The van der Waals surface area contributed by atoms with Crippen LogP contribution in [0.25, 0.3) is 0 Å². The molecule has 1 fully saturated rings. The van der Waals surface area contributed by atoms with Crippen LogP contribution in [0.3, 0.4) is 0 Å². The van der Waals surface area contributed by atoms with E-state index >= 15 is 0 Å². The van der Waals surface area contributed by atoms with Gasteiger partial charge in [-0.15, -0.1) is 11.6 Å². The summed E-state index contributed by atoms with van der Waals surface area (Å²) in [6.45, 7) is 4.20. The number of aromatic nitrogens is 1. The number of aryl methyl sites for hydroxylation is 2. The van der Waals surface area contributed by atoms with Crippen LogP contribution in [0.2, 0.25) is 0 Å². The summed E-state index contributed by atoms with van der Waals surface area (Å²) in [6.07, 6.45) is 8.02. The standard InChI is InChI=1S/C16H25ClN2/c1-12-10-13(2)18-16(15(12)11-17)19(3)14-8-6-4-5-7-9-14/h10,14H,4-9,11H2,1-3H3. The van der Waals surface area contributed by atoms with Crippen molar-refractivity contribution in [3.63, 3.8) is 0 Å². The number of rotatable bonds is 3. The first kappa shape index (κ1) is 14.6. The van der Waals surface area contributed by atoms with E-state index in [2.05, 4.69) is 31.9 Å². The third-order valence-corrected chi connectivity index (χ3v) is 4.56.